The predicted octanol–water partition coefficient (Wildman–Crippen LogP) is 3.04. The molecule has 0 aliphatic carbocycles. The molecule has 2 aromatic heterocycles. The van der Waals surface area contributed by atoms with Crippen LogP contribution < -0.4 is 14.8 Å². The van der Waals surface area contributed by atoms with Crippen molar-refractivity contribution in [1.29, 1.82) is 0 Å². The van der Waals surface area contributed by atoms with Gasteiger partial charge in [0.25, 0.3) is 5.91 Å². The van der Waals surface area contributed by atoms with Gasteiger partial charge in [-0.1, -0.05) is 0 Å². The third kappa shape index (κ3) is 4.02. The first kappa shape index (κ1) is 20.3. The van der Waals surface area contributed by atoms with Crippen molar-refractivity contribution in [2.24, 2.45) is 7.05 Å². The molecule has 7 nitrogen and oxygen atoms in total. The van der Waals surface area contributed by atoms with Crippen LogP contribution in [-0.2, 0) is 7.05 Å². The molecule has 2 atom stereocenters. The highest BCUT2D eigenvalue weighted by Gasteiger charge is 2.30. The van der Waals surface area contributed by atoms with Crippen molar-refractivity contribution in [1.82, 2.24) is 14.3 Å². The van der Waals surface area contributed by atoms with Crippen molar-refractivity contribution >= 4 is 23.5 Å². The van der Waals surface area contributed by atoms with E-state index in [-0.39, 0.29) is 18.0 Å². The minimum atomic E-state index is -1.05. The molecular weight excluding hydrogens is 414 g/mol. The molecule has 0 spiro atoms. The molecule has 0 radical (unpaired) electrons. The van der Waals surface area contributed by atoms with Crippen LogP contribution in [0.15, 0.2) is 53.8 Å². The van der Waals surface area contributed by atoms with Crippen LogP contribution in [0.25, 0.3) is 0 Å². The fraction of sp³-hybridized carbons (Fsp3) is 0.200. The zero-order chi connectivity index (χ0) is 21.3. The number of nitrogens with one attached hydrogen (secondary N) is 2. The normalized spacial score (nSPS) is 16.9. The summed E-state index contributed by atoms with van der Waals surface area (Å²) in [5, 5.41) is 13.2. The van der Waals surface area contributed by atoms with Crippen LogP contribution in [0.3, 0.4) is 0 Å². The number of pyridine rings is 1. The number of anilines is 1. The average molecular weight is 432 g/mol. The number of benzene rings is 1. The Kier molecular flexibility index (Phi) is 5.71. The number of rotatable bonds is 4. The third-order valence-corrected chi connectivity index (χ3v) is 5.58. The predicted molar refractivity (Wildman–Crippen MR) is 107 cm³/mol. The summed E-state index contributed by atoms with van der Waals surface area (Å²) < 4.78 is 37.2. The van der Waals surface area contributed by atoms with Crippen LogP contribution in [0.5, 0.6) is 5.75 Å². The molecular formula is C20H18F2N4O3S. The summed E-state index contributed by atoms with van der Waals surface area (Å²) in [5.41, 5.74) is 1.04. The zero-order valence-electron chi connectivity index (χ0n) is 15.8. The summed E-state index contributed by atoms with van der Waals surface area (Å²) in [6.07, 6.45) is 4.07. The van der Waals surface area contributed by atoms with E-state index in [0.29, 0.717) is 16.2 Å². The molecule has 0 fully saturated rings. The second-order valence-corrected chi connectivity index (χ2v) is 7.61. The lowest BCUT2D eigenvalue weighted by Crippen LogP contribution is -2.35. The van der Waals surface area contributed by atoms with Gasteiger partial charge in [0.1, 0.15) is 6.61 Å². The minimum absolute atomic E-state index is 0.110. The number of halogens is 2. The smallest absolute Gasteiger partial charge is 0.276 e. The van der Waals surface area contributed by atoms with Gasteiger partial charge < -0.3 is 19.7 Å². The van der Waals surface area contributed by atoms with Crippen molar-refractivity contribution in [3.63, 3.8) is 0 Å². The molecule has 1 aromatic carbocycles. The molecule has 1 aliphatic rings. The van der Waals surface area contributed by atoms with E-state index in [1.165, 1.54) is 18.0 Å². The van der Waals surface area contributed by atoms with E-state index in [1.54, 1.807) is 42.3 Å². The quantitative estimate of drug-likeness (QED) is 0.550. The molecule has 156 valence electrons. The van der Waals surface area contributed by atoms with Crippen molar-refractivity contribution in [2.45, 2.75) is 17.0 Å². The number of carbonyl (C=O) groups is 1. The van der Waals surface area contributed by atoms with Crippen molar-refractivity contribution in [3.05, 3.63) is 71.8 Å². The Morgan fingerprint density at radius 1 is 1.33 bits per heavy atom. The van der Waals surface area contributed by atoms with Gasteiger partial charge >= 0.3 is 0 Å². The van der Waals surface area contributed by atoms with Crippen LogP contribution in [-0.4, -0.2) is 33.2 Å². The Bertz CT molecular complexity index is 1080. The summed E-state index contributed by atoms with van der Waals surface area (Å²) in [7, 11) is 1.68. The molecule has 3 heterocycles. The van der Waals surface area contributed by atoms with E-state index in [4.69, 9.17) is 4.74 Å². The van der Waals surface area contributed by atoms with E-state index < -0.39 is 29.7 Å². The van der Waals surface area contributed by atoms with Gasteiger partial charge in [-0.05, 0) is 41.8 Å². The first-order valence-corrected chi connectivity index (χ1v) is 9.84. The first-order valence-electron chi connectivity index (χ1n) is 9.03. The van der Waals surface area contributed by atoms with Gasteiger partial charge in [0, 0.05) is 37.4 Å². The molecule has 0 saturated heterocycles. The number of nitrogens with zero attached hydrogens (tertiary/aromatic N) is 2. The number of aromatic nitrogens is 2. The largest absolute Gasteiger partial charge is 0.488 e. The maximum absolute atomic E-state index is 13.4. The number of hydrogen-bond acceptors (Lipinski definition) is 6. The molecule has 30 heavy (non-hydrogen) atoms. The van der Waals surface area contributed by atoms with Crippen LogP contribution in [0, 0.1) is 11.6 Å². The lowest BCUT2D eigenvalue weighted by atomic mass is 10.1. The van der Waals surface area contributed by atoms with Crippen LogP contribution in [0.4, 0.5) is 14.5 Å². The van der Waals surface area contributed by atoms with E-state index in [9.17, 15) is 18.7 Å². The lowest BCUT2D eigenvalue weighted by molar-refractivity contribution is 0.0998. The molecule has 10 heteroatoms. The van der Waals surface area contributed by atoms with Gasteiger partial charge in [0.15, 0.2) is 23.1 Å². The fourth-order valence-corrected chi connectivity index (χ4v) is 4.04. The highest BCUT2D eigenvalue weighted by Crippen LogP contribution is 2.37. The third-order valence-electron chi connectivity index (χ3n) is 4.65. The summed E-state index contributed by atoms with van der Waals surface area (Å²) in [6, 6.07) is 6.13. The monoisotopic (exact) mass is 432 g/mol. The Labute approximate surface area is 175 Å². The van der Waals surface area contributed by atoms with Gasteiger partial charge in [-0.2, -0.15) is 0 Å². The highest BCUT2D eigenvalue weighted by atomic mass is 32.2. The van der Waals surface area contributed by atoms with Crippen molar-refractivity contribution in [2.75, 3.05) is 11.9 Å². The van der Waals surface area contributed by atoms with E-state index >= 15 is 0 Å². The zero-order valence-corrected chi connectivity index (χ0v) is 16.6. The summed E-state index contributed by atoms with van der Waals surface area (Å²) >= 11 is 1.24. The molecule has 1 aliphatic heterocycles. The standard InChI is InChI=1S/C20H18F2N4O3S/c1-26-9-16-19(17(26)20(28)24-12-2-3-13(21)14(22)8-12)29-10-15(25-30-16)18(27)11-4-6-23-7-5-11/h2-9,15,18,25,27H,10H2,1H3,(H,24,28). The summed E-state index contributed by atoms with van der Waals surface area (Å²) in [4.78, 5) is 17.4. The van der Waals surface area contributed by atoms with Gasteiger partial charge in [-0.25, -0.2) is 8.78 Å². The maximum atomic E-state index is 13.4. The topological polar surface area (TPSA) is 88.4 Å². The number of fused-ring (bicyclic) bond motifs is 1. The Morgan fingerprint density at radius 3 is 2.83 bits per heavy atom. The van der Waals surface area contributed by atoms with Crippen molar-refractivity contribution < 1.29 is 23.4 Å². The average Bonchev–Trinajstić information content (AvgIpc) is 2.92. The Morgan fingerprint density at radius 2 is 2.10 bits per heavy atom. The van der Waals surface area contributed by atoms with E-state index in [2.05, 4.69) is 15.0 Å². The molecule has 0 bridgehead atoms. The Hall–Kier alpha value is -2.95. The molecule has 1 amide bonds. The summed E-state index contributed by atoms with van der Waals surface area (Å²) in [5.74, 6) is -2.23. The van der Waals surface area contributed by atoms with Crippen molar-refractivity contribution in [3.8, 4) is 5.75 Å². The number of aliphatic hydroxyl groups is 1. The molecule has 3 N–H and O–H groups in total. The SMILES string of the molecule is Cn1cc2c(c1C(=O)Nc1ccc(F)c(F)c1)OCC(C(O)c1ccncc1)NS2. The van der Waals surface area contributed by atoms with E-state index in [0.717, 1.165) is 12.1 Å². The van der Waals surface area contributed by atoms with Gasteiger partial charge in [-0.15, -0.1) is 0 Å². The number of aryl methyl sites for hydroxylation is 1. The number of ether oxygens (including phenoxy) is 1. The molecule has 2 unspecified atom stereocenters. The van der Waals surface area contributed by atoms with Gasteiger partial charge in [0.05, 0.1) is 17.0 Å². The second kappa shape index (κ2) is 8.42. The Balaban J connectivity index is 1.53. The number of carbonyl (C=O) groups excluding carboxylic acids is 1. The van der Waals surface area contributed by atoms with Gasteiger partial charge in [-0.3, -0.25) is 14.5 Å². The summed E-state index contributed by atoms with van der Waals surface area (Å²) in [6.45, 7) is 0.110. The minimum Gasteiger partial charge on any atom is -0.488 e. The second-order valence-electron chi connectivity index (χ2n) is 6.73. The number of aliphatic hydroxyl groups excluding tert-OH is 1. The highest BCUT2D eigenvalue weighted by molar-refractivity contribution is 7.97. The van der Waals surface area contributed by atoms with Crippen LogP contribution in [0.2, 0.25) is 0 Å². The first-order chi connectivity index (χ1) is 14.4. The maximum Gasteiger partial charge on any atom is 0.276 e. The molecule has 0 saturated carbocycles. The molecule has 3 aromatic rings. The van der Waals surface area contributed by atoms with E-state index in [1.807, 2.05) is 0 Å². The lowest BCUT2D eigenvalue weighted by Gasteiger charge is -2.21. The van der Waals surface area contributed by atoms with Gasteiger partial charge in [0.2, 0.25) is 0 Å². The number of hydrogen-bond donors (Lipinski definition) is 3. The van der Waals surface area contributed by atoms with Crippen LogP contribution >= 0.6 is 11.9 Å². The molecule has 4 rings (SSSR count). The van der Waals surface area contributed by atoms with Crippen LogP contribution in [0.1, 0.15) is 22.2 Å². The number of amides is 1. The fourth-order valence-electron chi connectivity index (χ4n) is 3.11.